The Hall–Kier alpha value is -3.22. The average molecular weight is 328 g/mol. The summed E-state index contributed by atoms with van der Waals surface area (Å²) < 4.78 is 28.5. The van der Waals surface area contributed by atoms with Gasteiger partial charge in [0.15, 0.2) is 13.2 Å². The molecule has 0 atom stereocenters. The minimum atomic E-state index is -0.626. The maximum Gasteiger partial charge on any atom is 0.344 e. The van der Waals surface area contributed by atoms with Gasteiger partial charge in [-0.1, -0.05) is 24.3 Å². The van der Waals surface area contributed by atoms with E-state index in [1.165, 1.54) is 18.2 Å². The number of carbonyl (C=O) groups is 1. The van der Waals surface area contributed by atoms with Crippen molar-refractivity contribution in [2.45, 2.75) is 6.61 Å². The third-order valence-corrected chi connectivity index (χ3v) is 3.00. The highest BCUT2D eigenvalue weighted by atomic mass is 19.1. The van der Waals surface area contributed by atoms with Gasteiger partial charge in [-0.15, -0.1) is 10.2 Å². The number of nitrogens with zero attached hydrogens (tertiary/aromatic N) is 2. The predicted molar refractivity (Wildman–Crippen MR) is 81.4 cm³/mol. The highest BCUT2D eigenvalue weighted by Gasteiger charge is 2.11. The summed E-state index contributed by atoms with van der Waals surface area (Å²) in [7, 11) is 0. The largest absolute Gasteiger partial charge is 0.482 e. The molecule has 0 saturated heterocycles. The fourth-order valence-electron chi connectivity index (χ4n) is 1.89. The number of hydrogen-bond acceptors (Lipinski definition) is 6. The SMILES string of the molecule is O=C(COc1cccc(F)c1)OCc1nnc(-c2ccccc2)o1. The Bertz CT molecular complexity index is 820. The molecule has 0 unspecified atom stereocenters. The van der Waals surface area contributed by atoms with Crippen molar-refractivity contribution in [2.24, 2.45) is 0 Å². The first-order valence-electron chi connectivity index (χ1n) is 7.12. The Balaban J connectivity index is 1.49. The van der Waals surface area contributed by atoms with Gasteiger partial charge in [-0.3, -0.25) is 0 Å². The first kappa shape index (κ1) is 15.7. The average Bonchev–Trinajstić information content (AvgIpc) is 3.08. The van der Waals surface area contributed by atoms with Crippen molar-refractivity contribution in [3.63, 3.8) is 0 Å². The van der Waals surface area contributed by atoms with Gasteiger partial charge in [-0.05, 0) is 24.3 Å². The number of rotatable bonds is 6. The molecule has 2 aromatic carbocycles. The van der Waals surface area contributed by atoms with E-state index in [1.54, 1.807) is 6.07 Å². The third kappa shape index (κ3) is 4.16. The molecule has 1 aromatic heterocycles. The number of ether oxygens (including phenoxy) is 2. The molecule has 0 N–H and O–H groups in total. The summed E-state index contributed by atoms with van der Waals surface area (Å²) in [6.45, 7) is -0.506. The molecule has 0 fully saturated rings. The van der Waals surface area contributed by atoms with Crippen molar-refractivity contribution in [3.05, 3.63) is 66.3 Å². The topological polar surface area (TPSA) is 74.5 Å². The summed E-state index contributed by atoms with van der Waals surface area (Å²) in [6, 6.07) is 14.7. The number of aromatic nitrogens is 2. The van der Waals surface area contributed by atoms with Crippen LogP contribution in [-0.4, -0.2) is 22.8 Å². The summed E-state index contributed by atoms with van der Waals surface area (Å²) in [5.41, 5.74) is 0.775. The molecule has 0 aliphatic carbocycles. The molecule has 0 aliphatic rings. The highest BCUT2D eigenvalue weighted by molar-refractivity contribution is 5.71. The van der Waals surface area contributed by atoms with Gasteiger partial charge in [-0.25, -0.2) is 9.18 Å². The summed E-state index contributed by atoms with van der Waals surface area (Å²) >= 11 is 0. The van der Waals surface area contributed by atoms with Crippen LogP contribution in [0.5, 0.6) is 5.75 Å². The summed E-state index contributed by atoms with van der Waals surface area (Å²) in [4.78, 5) is 11.6. The van der Waals surface area contributed by atoms with Crippen LogP contribution < -0.4 is 4.74 Å². The van der Waals surface area contributed by atoms with Gasteiger partial charge in [0.1, 0.15) is 11.6 Å². The van der Waals surface area contributed by atoms with Gasteiger partial charge >= 0.3 is 5.97 Å². The number of esters is 1. The maximum absolute atomic E-state index is 13.0. The monoisotopic (exact) mass is 328 g/mol. The van der Waals surface area contributed by atoms with E-state index in [0.29, 0.717) is 5.89 Å². The van der Waals surface area contributed by atoms with E-state index in [4.69, 9.17) is 13.9 Å². The van der Waals surface area contributed by atoms with Crippen LogP contribution in [0, 0.1) is 5.82 Å². The zero-order valence-electron chi connectivity index (χ0n) is 12.5. The maximum atomic E-state index is 13.0. The number of carbonyl (C=O) groups excluding carboxylic acids is 1. The molecule has 0 bridgehead atoms. The fraction of sp³-hybridized carbons (Fsp3) is 0.118. The van der Waals surface area contributed by atoms with E-state index in [0.717, 1.165) is 5.56 Å². The van der Waals surface area contributed by atoms with Gasteiger partial charge in [0.25, 0.3) is 5.89 Å². The van der Waals surface area contributed by atoms with Crippen LogP contribution in [0.15, 0.2) is 59.0 Å². The molecule has 0 spiro atoms. The van der Waals surface area contributed by atoms with E-state index < -0.39 is 11.8 Å². The second-order valence-corrected chi connectivity index (χ2v) is 4.77. The standard InChI is InChI=1S/C17H13FN2O4/c18-13-7-4-8-14(9-13)22-11-16(21)23-10-15-19-20-17(24-15)12-5-2-1-3-6-12/h1-9H,10-11H2. The first-order chi connectivity index (χ1) is 11.7. The van der Waals surface area contributed by atoms with E-state index in [9.17, 15) is 9.18 Å². The van der Waals surface area contributed by atoms with Crippen molar-refractivity contribution in [1.29, 1.82) is 0 Å². The molecule has 3 rings (SSSR count). The lowest BCUT2D eigenvalue weighted by molar-refractivity contribution is -0.148. The zero-order valence-corrected chi connectivity index (χ0v) is 12.5. The molecule has 1 heterocycles. The van der Waals surface area contributed by atoms with Crippen LogP contribution in [-0.2, 0) is 16.1 Å². The Kier molecular flexibility index (Phi) is 4.81. The zero-order chi connectivity index (χ0) is 16.8. The highest BCUT2D eigenvalue weighted by Crippen LogP contribution is 2.17. The van der Waals surface area contributed by atoms with Crippen LogP contribution in [0.1, 0.15) is 5.89 Å². The van der Waals surface area contributed by atoms with Gasteiger partial charge in [0.2, 0.25) is 5.89 Å². The molecule has 6 nitrogen and oxygen atoms in total. The molecule has 0 amide bonds. The molecular weight excluding hydrogens is 315 g/mol. The minimum absolute atomic E-state index is 0.162. The number of hydrogen-bond donors (Lipinski definition) is 0. The van der Waals surface area contributed by atoms with Crippen LogP contribution in [0.25, 0.3) is 11.5 Å². The Morgan fingerprint density at radius 2 is 1.92 bits per heavy atom. The van der Waals surface area contributed by atoms with Crippen molar-refractivity contribution < 1.29 is 23.1 Å². The molecular formula is C17H13FN2O4. The van der Waals surface area contributed by atoms with Crippen LogP contribution in [0.3, 0.4) is 0 Å². The summed E-state index contributed by atoms with van der Waals surface area (Å²) in [5.74, 6) is -0.305. The fourth-order valence-corrected chi connectivity index (χ4v) is 1.89. The van der Waals surface area contributed by atoms with Crippen molar-refractivity contribution in [3.8, 4) is 17.2 Å². The Morgan fingerprint density at radius 1 is 1.08 bits per heavy atom. The van der Waals surface area contributed by atoms with Gasteiger partial charge in [0.05, 0.1) is 0 Å². The molecule has 24 heavy (non-hydrogen) atoms. The third-order valence-electron chi connectivity index (χ3n) is 3.00. The molecule has 0 saturated carbocycles. The van der Waals surface area contributed by atoms with Crippen LogP contribution in [0.2, 0.25) is 0 Å². The second-order valence-electron chi connectivity index (χ2n) is 4.77. The normalized spacial score (nSPS) is 10.4. The summed E-state index contributed by atoms with van der Waals surface area (Å²) in [5, 5.41) is 7.70. The number of benzene rings is 2. The van der Waals surface area contributed by atoms with E-state index in [-0.39, 0.29) is 24.9 Å². The summed E-state index contributed by atoms with van der Waals surface area (Å²) in [6.07, 6.45) is 0. The lowest BCUT2D eigenvalue weighted by Gasteiger charge is -2.05. The predicted octanol–water partition coefficient (Wildman–Crippen LogP) is 3.00. The van der Waals surface area contributed by atoms with Crippen molar-refractivity contribution >= 4 is 5.97 Å². The number of halogens is 1. The lowest BCUT2D eigenvalue weighted by atomic mass is 10.2. The first-order valence-corrected chi connectivity index (χ1v) is 7.12. The molecule has 7 heteroatoms. The lowest BCUT2D eigenvalue weighted by Crippen LogP contribution is -2.14. The Labute approximate surface area is 136 Å². The molecule has 3 aromatic rings. The van der Waals surface area contributed by atoms with E-state index >= 15 is 0 Å². The van der Waals surface area contributed by atoms with E-state index in [1.807, 2.05) is 30.3 Å². The second kappa shape index (κ2) is 7.36. The van der Waals surface area contributed by atoms with Gasteiger partial charge in [-0.2, -0.15) is 0 Å². The quantitative estimate of drug-likeness (QED) is 0.648. The smallest absolute Gasteiger partial charge is 0.344 e. The molecule has 0 aliphatic heterocycles. The Morgan fingerprint density at radius 3 is 2.71 bits per heavy atom. The minimum Gasteiger partial charge on any atom is -0.482 e. The molecule has 122 valence electrons. The van der Waals surface area contributed by atoms with Crippen LogP contribution in [0.4, 0.5) is 4.39 Å². The van der Waals surface area contributed by atoms with Gasteiger partial charge < -0.3 is 13.9 Å². The molecule has 0 radical (unpaired) electrons. The van der Waals surface area contributed by atoms with Crippen molar-refractivity contribution in [1.82, 2.24) is 10.2 Å². The van der Waals surface area contributed by atoms with Crippen LogP contribution >= 0.6 is 0 Å². The van der Waals surface area contributed by atoms with E-state index in [2.05, 4.69) is 10.2 Å². The van der Waals surface area contributed by atoms with Crippen molar-refractivity contribution in [2.75, 3.05) is 6.61 Å². The van der Waals surface area contributed by atoms with Gasteiger partial charge in [0, 0.05) is 11.6 Å².